The van der Waals surface area contributed by atoms with Gasteiger partial charge < -0.3 is 4.57 Å². The van der Waals surface area contributed by atoms with E-state index in [1.54, 1.807) is 0 Å². The number of carbonyl (C=O) groups is 1. The quantitative estimate of drug-likeness (QED) is 0.677. The highest BCUT2D eigenvalue weighted by Gasteiger charge is 2.16. The third kappa shape index (κ3) is 1.45. The van der Waals surface area contributed by atoms with E-state index in [0.29, 0.717) is 10.7 Å². The molecular weight excluding hydrogens is 210 g/mol. The number of fused-ring (bicyclic) bond motifs is 1. The summed E-state index contributed by atoms with van der Waals surface area (Å²) >= 11 is 6.19. The molecule has 0 aliphatic rings. The molecule has 2 rings (SSSR count). The van der Waals surface area contributed by atoms with Crippen LogP contribution in [-0.4, -0.2) is 10.4 Å². The van der Waals surface area contributed by atoms with E-state index in [2.05, 4.69) is 0 Å². The molecule has 78 valence electrons. The fourth-order valence-electron chi connectivity index (χ4n) is 1.90. The Balaban J connectivity index is 2.91. The molecule has 0 unspecified atom stereocenters. The van der Waals surface area contributed by atoms with Crippen LogP contribution in [0.15, 0.2) is 18.2 Å². The van der Waals surface area contributed by atoms with Gasteiger partial charge in [-0.3, -0.25) is 4.79 Å². The summed E-state index contributed by atoms with van der Waals surface area (Å²) in [4.78, 5) is 11.4. The van der Waals surface area contributed by atoms with E-state index in [1.807, 2.05) is 36.7 Å². The Morgan fingerprint density at radius 1 is 1.40 bits per heavy atom. The molecule has 0 spiro atoms. The second kappa shape index (κ2) is 3.38. The molecule has 0 N–H and O–H groups in total. The Hall–Kier alpha value is -1.28. The van der Waals surface area contributed by atoms with Crippen LogP contribution in [0.1, 0.15) is 23.0 Å². The summed E-state index contributed by atoms with van der Waals surface area (Å²) in [5.74, 6) is -0.00338. The first-order valence-electron chi connectivity index (χ1n) is 4.78. The zero-order valence-electron chi connectivity index (χ0n) is 8.97. The van der Waals surface area contributed by atoms with Crippen molar-refractivity contribution in [2.75, 3.05) is 0 Å². The molecule has 0 aliphatic carbocycles. The highest BCUT2D eigenvalue weighted by atomic mass is 35.5. The first-order valence-corrected chi connectivity index (χ1v) is 5.15. The second-order valence-corrected chi connectivity index (χ2v) is 4.18. The minimum atomic E-state index is -0.00338. The number of aryl methyl sites for hydroxylation is 2. The summed E-state index contributed by atoms with van der Waals surface area (Å²) < 4.78 is 1.85. The van der Waals surface area contributed by atoms with Crippen molar-refractivity contribution in [2.45, 2.75) is 13.8 Å². The Morgan fingerprint density at radius 2 is 2.07 bits per heavy atom. The van der Waals surface area contributed by atoms with Crippen LogP contribution >= 0.6 is 11.6 Å². The molecule has 15 heavy (non-hydrogen) atoms. The van der Waals surface area contributed by atoms with Crippen LogP contribution in [0.4, 0.5) is 0 Å². The zero-order chi connectivity index (χ0) is 11.2. The molecule has 1 heterocycles. The summed E-state index contributed by atoms with van der Waals surface area (Å²) in [6.45, 7) is 3.54. The number of hydrogen-bond donors (Lipinski definition) is 0. The fraction of sp³-hybridized carbons (Fsp3) is 0.250. The van der Waals surface area contributed by atoms with E-state index in [4.69, 9.17) is 11.6 Å². The maximum absolute atomic E-state index is 11.4. The normalized spacial score (nSPS) is 10.9. The lowest BCUT2D eigenvalue weighted by atomic mass is 10.2. The number of ketones is 1. The van der Waals surface area contributed by atoms with Crippen LogP contribution < -0.4 is 0 Å². The molecular formula is C12H12ClNO. The Kier molecular flexibility index (Phi) is 2.31. The smallest absolute Gasteiger partial charge is 0.177 e. The SMILES string of the molecule is CC(=O)c1c(Cl)c2cc(C)ccc2n1C. The van der Waals surface area contributed by atoms with Gasteiger partial charge in [0.15, 0.2) is 5.78 Å². The monoisotopic (exact) mass is 221 g/mol. The van der Waals surface area contributed by atoms with Crippen molar-refractivity contribution in [1.82, 2.24) is 4.57 Å². The van der Waals surface area contributed by atoms with E-state index < -0.39 is 0 Å². The molecule has 2 nitrogen and oxygen atoms in total. The minimum absolute atomic E-state index is 0.00338. The number of carbonyl (C=O) groups excluding carboxylic acids is 1. The van der Waals surface area contributed by atoms with Crippen LogP contribution in [0, 0.1) is 6.92 Å². The highest BCUT2D eigenvalue weighted by molar-refractivity contribution is 6.38. The number of hydrogen-bond acceptors (Lipinski definition) is 1. The van der Waals surface area contributed by atoms with Gasteiger partial charge in [-0.05, 0) is 19.1 Å². The first-order chi connectivity index (χ1) is 7.02. The molecule has 0 aliphatic heterocycles. The number of Topliss-reactive ketones (excluding diaryl/α,β-unsaturated/α-hetero) is 1. The molecule has 0 fully saturated rings. The van der Waals surface area contributed by atoms with Crippen LogP contribution in [-0.2, 0) is 7.05 Å². The largest absolute Gasteiger partial charge is 0.340 e. The summed E-state index contributed by atoms with van der Waals surface area (Å²) in [7, 11) is 1.86. The second-order valence-electron chi connectivity index (χ2n) is 3.80. The minimum Gasteiger partial charge on any atom is -0.340 e. The molecule has 0 saturated carbocycles. The van der Waals surface area contributed by atoms with Crippen molar-refractivity contribution >= 4 is 28.3 Å². The van der Waals surface area contributed by atoms with Crippen molar-refractivity contribution < 1.29 is 4.79 Å². The van der Waals surface area contributed by atoms with Crippen LogP contribution in [0.2, 0.25) is 5.02 Å². The van der Waals surface area contributed by atoms with Crippen molar-refractivity contribution in [1.29, 1.82) is 0 Å². The van der Waals surface area contributed by atoms with Crippen LogP contribution in [0.5, 0.6) is 0 Å². The van der Waals surface area contributed by atoms with Crippen molar-refractivity contribution in [2.24, 2.45) is 7.05 Å². The van der Waals surface area contributed by atoms with E-state index in [9.17, 15) is 4.79 Å². The van der Waals surface area contributed by atoms with Crippen molar-refractivity contribution in [3.05, 3.63) is 34.5 Å². The fourth-order valence-corrected chi connectivity index (χ4v) is 2.32. The van der Waals surface area contributed by atoms with Gasteiger partial charge in [0.05, 0.1) is 5.02 Å². The molecule has 1 aromatic heterocycles. The lowest BCUT2D eigenvalue weighted by Crippen LogP contribution is -2.01. The van der Waals surface area contributed by atoms with Crippen LogP contribution in [0.3, 0.4) is 0 Å². The van der Waals surface area contributed by atoms with Crippen LogP contribution in [0.25, 0.3) is 10.9 Å². The van der Waals surface area contributed by atoms with Gasteiger partial charge in [-0.2, -0.15) is 0 Å². The van der Waals surface area contributed by atoms with E-state index in [1.165, 1.54) is 6.92 Å². The average molecular weight is 222 g/mol. The third-order valence-corrected chi connectivity index (χ3v) is 3.01. The molecule has 0 saturated heterocycles. The van der Waals surface area contributed by atoms with E-state index in [0.717, 1.165) is 16.5 Å². The van der Waals surface area contributed by atoms with Gasteiger partial charge in [0.25, 0.3) is 0 Å². The summed E-state index contributed by atoms with van der Waals surface area (Å²) in [5, 5.41) is 1.51. The molecule has 0 atom stereocenters. The van der Waals surface area contributed by atoms with Gasteiger partial charge in [0.1, 0.15) is 5.69 Å². The summed E-state index contributed by atoms with van der Waals surface area (Å²) in [6, 6.07) is 6.01. The topological polar surface area (TPSA) is 22.0 Å². The lowest BCUT2D eigenvalue weighted by molar-refractivity contribution is 0.101. The van der Waals surface area contributed by atoms with Gasteiger partial charge in [-0.15, -0.1) is 0 Å². The maximum atomic E-state index is 11.4. The standard InChI is InChI=1S/C12H12ClNO/c1-7-4-5-10-9(6-7)11(13)12(8(2)15)14(10)3/h4-6H,1-3H3. The Bertz CT molecular complexity index is 554. The molecule has 3 heteroatoms. The Labute approximate surface area is 93.5 Å². The van der Waals surface area contributed by atoms with Gasteiger partial charge in [-0.25, -0.2) is 0 Å². The van der Waals surface area contributed by atoms with Crippen molar-refractivity contribution in [3.8, 4) is 0 Å². The summed E-state index contributed by atoms with van der Waals surface area (Å²) in [6.07, 6.45) is 0. The molecule has 0 amide bonds. The summed E-state index contributed by atoms with van der Waals surface area (Å²) in [5.41, 5.74) is 2.72. The number of nitrogens with zero attached hydrogens (tertiary/aromatic N) is 1. The number of rotatable bonds is 1. The highest BCUT2D eigenvalue weighted by Crippen LogP contribution is 2.30. The van der Waals surface area contributed by atoms with Gasteiger partial charge in [-0.1, -0.05) is 23.2 Å². The predicted octanol–water partition coefficient (Wildman–Crippen LogP) is 3.34. The predicted molar refractivity (Wildman–Crippen MR) is 62.7 cm³/mol. The van der Waals surface area contributed by atoms with Crippen molar-refractivity contribution in [3.63, 3.8) is 0 Å². The number of halogens is 1. The third-order valence-electron chi connectivity index (χ3n) is 2.63. The number of benzene rings is 1. The maximum Gasteiger partial charge on any atom is 0.177 e. The van der Waals surface area contributed by atoms with E-state index >= 15 is 0 Å². The lowest BCUT2D eigenvalue weighted by Gasteiger charge is -1.99. The molecule has 1 aromatic carbocycles. The molecule has 0 bridgehead atoms. The number of aromatic nitrogens is 1. The van der Waals surface area contributed by atoms with Gasteiger partial charge in [0, 0.05) is 24.9 Å². The Morgan fingerprint density at radius 3 is 2.67 bits per heavy atom. The van der Waals surface area contributed by atoms with E-state index in [-0.39, 0.29) is 5.78 Å². The molecule has 2 aromatic rings. The van der Waals surface area contributed by atoms with Gasteiger partial charge in [0.2, 0.25) is 0 Å². The average Bonchev–Trinajstić information content (AvgIpc) is 2.39. The zero-order valence-corrected chi connectivity index (χ0v) is 9.72. The van der Waals surface area contributed by atoms with Gasteiger partial charge >= 0.3 is 0 Å². The molecule has 0 radical (unpaired) electrons. The first kappa shape index (κ1) is 10.2.